The van der Waals surface area contributed by atoms with Gasteiger partial charge in [-0.15, -0.1) is 0 Å². The molecule has 1 N–H and O–H groups in total. The van der Waals surface area contributed by atoms with Crippen LogP contribution in [0.25, 0.3) is 10.2 Å². The lowest BCUT2D eigenvalue weighted by Crippen LogP contribution is -2.43. The molecular formula is C19H17N3O2S. The third-order valence-electron chi connectivity index (χ3n) is 4.36. The molecule has 0 saturated carbocycles. The monoisotopic (exact) mass is 351 g/mol. The summed E-state index contributed by atoms with van der Waals surface area (Å²) in [4.78, 5) is 31.5. The van der Waals surface area contributed by atoms with E-state index in [2.05, 4.69) is 10.3 Å². The Morgan fingerprint density at radius 3 is 2.64 bits per heavy atom. The summed E-state index contributed by atoms with van der Waals surface area (Å²) in [7, 11) is 0. The zero-order chi connectivity index (χ0) is 17.2. The van der Waals surface area contributed by atoms with Gasteiger partial charge in [-0.1, -0.05) is 41.7 Å². The third kappa shape index (κ3) is 3.13. The number of fused-ring (bicyclic) bond motifs is 1. The van der Waals surface area contributed by atoms with E-state index < -0.39 is 6.04 Å². The highest BCUT2D eigenvalue weighted by Gasteiger charge is 2.34. The van der Waals surface area contributed by atoms with Crippen LogP contribution in [0.3, 0.4) is 0 Å². The van der Waals surface area contributed by atoms with Crippen LogP contribution >= 0.6 is 11.3 Å². The molecule has 3 aromatic rings. The van der Waals surface area contributed by atoms with E-state index in [4.69, 9.17) is 0 Å². The van der Waals surface area contributed by atoms with E-state index in [0.717, 1.165) is 16.6 Å². The van der Waals surface area contributed by atoms with Gasteiger partial charge < -0.3 is 10.2 Å². The number of hydrogen-bond donors (Lipinski definition) is 1. The van der Waals surface area contributed by atoms with Crippen LogP contribution in [0.2, 0.25) is 0 Å². The first kappa shape index (κ1) is 15.8. The van der Waals surface area contributed by atoms with Crippen molar-refractivity contribution in [1.82, 2.24) is 9.88 Å². The summed E-state index contributed by atoms with van der Waals surface area (Å²) >= 11 is 1.44. The Morgan fingerprint density at radius 2 is 1.84 bits per heavy atom. The average molecular weight is 351 g/mol. The molecule has 2 amide bonds. The van der Waals surface area contributed by atoms with E-state index in [-0.39, 0.29) is 11.8 Å². The largest absolute Gasteiger partial charge is 0.327 e. The zero-order valence-electron chi connectivity index (χ0n) is 13.5. The van der Waals surface area contributed by atoms with Gasteiger partial charge in [-0.3, -0.25) is 9.59 Å². The Hall–Kier alpha value is -2.73. The molecule has 0 radical (unpaired) electrons. The molecule has 6 heteroatoms. The first-order valence-electron chi connectivity index (χ1n) is 8.25. The van der Waals surface area contributed by atoms with Crippen molar-refractivity contribution in [3.8, 4) is 0 Å². The van der Waals surface area contributed by atoms with E-state index >= 15 is 0 Å². The number of nitrogens with one attached hydrogen (secondary N) is 1. The summed E-state index contributed by atoms with van der Waals surface area (Å²) in [5.74, 6) is -0.261. The fourth-order valence-electron chi connectivity index (χ4n) is 3.14. The highest BCUT2D eigenvalue weighted by Crippen LogP contribution is 2.27. The molecule has 0 bridgehead atoms. The highest BCUT2D eigenvalue weighted by molar-refractivity contribution is 7.22. The molecule has 5 nitrogen and oxygen atoms in total. The van der Waals surface area contributed by atoms with Gasteiger partial charge in [0.05, 0.1) is 10.2 Å². The molecule has 1 unspecified atom stereocenters. The van der Waals surface area contributed by atoms with Gasteiger partial charge in [-0.05, 0) is 37.1 Å². The third-order valence-corrected chi connectivity index (χ3v) is 5.31. The van der Waals surface area contributed by atoms with Crippen molar-refractivity contribution < 1.29 is 9.59 Å². The number of carbonyl (C=O) groups excluding carboxylic acids is 2. The molecule has 4 rings (SSSR count). The smallest absolute Gasteiger partial charge is 0.254 e. The first-order valence-corrected chi connectivity index (χ1v) is 9.06. The Bertz CT molecular complexity index is 890. The Balaban J connectivity index is 1.51. The van der Waals surface area contributed by atoms with Gasteiger partial charge in [0.2, 0.25) is 5.91 Å². The minimum Gasteiger partial charge on any atom is -0.327 e. The summed E-state index contributed by atoms with van der Waals surface area (Å²) in [6.07, 6.45) is 1.51. The maximum atomic E-state index is 12.7. The number of nitrogens with zero attached hydrogens (tertiary/aromatic N) is 2. The van der Waals surface area contributed by atoms with E-state index in [0.29, 0.717) is 23.7 Å². The molecule has 2 heterocycles. The van der Waals surface area contributed by atoms with Crippen LogP contribution in [0.15, 0.2) is 54.6 Å². The lowest BCUT2D eigenvalue weighted by Gasteiger charge is -2.23. The molecule has 0 aliphatic carbocycles. The second-order valence-corrected chi connectivity index (χ2v) is 7.03. The molecule has 2 aromatic carbocycles. The van der Waals surface area contributed by atoms with E-state index in [9.17, 15) is 9.59 Å². The van der Waals surface area contributed by atoms with Crippen molar-refractivity contribution in [3.63, 3.8) is 0 Å². The molecule has 1 atom stereocenters. The lowest BCUT2D eigenvalue weighted by molar-refractivity contribution is -0.119. The number of anilines is 1. The maximum absolute atomic E-state index is 12.7. The number of likely N-dealkylation sites (tertiary alicyclic amines) is 1. The van der Waals surface area contributed by atoms with E-state index in [1.165, 1.54) is 11.3 Å². The highest BCUT2D eigenvalue weighted by atomic mass is 32.1. The van der Waals surface area contributed by atoms with Gasteiger partial charge in [0.15, 0.2) is 5.13 Å². The second-order valence-electron chi connectivity index (χ2n) is 6.00. The van der Waals surface area contributed by atoms with E-state index in [1.807, 2.05) is 42.5 Å². The topological polar surface area (TPSA) is 62.3 Å². The number of rotatable bonds is 3. The molecule has 1 aliphatic rings. The van der Waals surface area contributed by atoms with Crippen molar-refractivity contribution >= 4 is 38.5 Å². The standard InChI is InChI=1S/C19H17N3O2S/c23-17(21-19-20-14-9-4-5-11-16(14)25-19)15-10-6-12-22(15)18(24)13-7-2-1-3-8-13/h1-5,7-9,11,15H,6,10,12H2,(H,20,21,23). The zero-order valence-corrected chi connectivity index (χ0v) is 14.3. The average Bonchev–Trinajstić information content (AvgIpc) is 3.28. The van der Waals surface area contributed by atoms with Crippen LogP contribution in [0, 0.1) is 0 Å². The van der Waals surface area contributed by atoms with Crippen molar-refractivity contribution in [1.29, 1.82) is 0 Å². The van der Waals surface area contributed by atoms with Crippen LogP contribution in [-0.4, -0.2) is 34.3 Å². The molecule has 1 aliphatic heterocycles. The predicted molar refractivity (Wildman–Crippen MR) is 98.8 cm³/mol. The Morgan fingerprint density at radius 1 is 1.08 bits per heavy atom. The molecule has 0 spiro atoms. The van der Waals surface area contributed by atoms with Gasteiger partial charge in [-0.25, -0.2) is 4.98 Å². The minimum atomic E-state index is -0.445. The fraction of sp³-hybridized carbons (Fsp3) is 0.211. The van der Waals surface area contributed by atoms with Crippen LogP contribution < -0.4 is 5.32 Å². The molecule has 1 saturated heterocycles. The number of aromatic nitrogens is 1. The Labute approximate surface area is 149 Å². The van der Waals surface area contributed by atoms with Crippen LogP contribution in [0.5, 0.6) is 0 Å². The predicted octanol–water partition coefficient (Wildman–Crippen LogP) is 3.54. The number of hydrogen-bond acceptors (Lipinski definition) is 4. The van der Waals surface area contributed by atoms with E-state index in [1.54, 1.807) is 17.0 Å². The van der Waals surface area contributed by atoms with Crippen molar-refractivity contribution in [2.24, 2.45) is 0 Å². The second kappa shape index (κ2) is 6.64. The normalized spacial score (nSPS) is 17.0. The maximum Gasteiger partial charge on any atom is 0.254 e. The minimum absolute atomic E-state index is 0.0949. The van der Waals surface area contributed by atoms with Crippen LogP contribution in [0.1, 0.15) is 23.2 Å². The fourth-order valence-corrected chi connectivity index (χ4v) is 4.01. The molecular weight excluding hydrogens is 334 g/mol. The number of para-hydroxylation sites is 1. The van der Waals surface area contributed by atoms with Crippen LogP contribution in [-0.2, 0) is 4.79 Å². The molecule has 126 valence electrons. The van der Waals surface area contributed by atoms with Crippen molar-refractivity contribution in [3.05, 3.63) is 60.2 Å². The lowest BCUT2D eigenvalue weighted by atomic mass is 10.1. The summed E-state index contributed by atoms with van der Waals surface area (Å²) in [6, 6.07) is 16.4. The van der Waals surface area contributed by atoms with Gasteiger partial charge >= 0.3 is 0 Å². The van der Waals surface area contributed by atoms with Crippen LogP contribution in [0.4, 0.5) is 5.13 Å². The SMILES string of the molecule is O=C(Nc1nc2ccccc2s1)C1CCCN1C(=O)c1ccccc1. The Kier molecular flexibility index (Phi) is 4.19. The van der Waals surface area contributed by atoms with Gasteiger partial charge in [0.1, 0.15) is 6.04 Å². The van der Waals surface area contributed by atoms with Gasteiger partial charge in [-0.2, -0.15) is 0 Å². The van der Waals surface area contributed by atoms with Crippen molar-refractivity contribution in [2.45, 2.75) is 18.9 Å². The molecule has 1 aromatic heterocycles. The van der Waals surface area contributed by atoms with Gasteiger partial charge in [0, 0.05) is 12.1 Å². The van der Waals surface area contributed by atoms with Gasteiger partial charge in [0.25, 0.3) is 5.91 Å². The number of carbonyl (C=O) groups is 2. The summed E-state index contributed by atoms with van der Waals surface area (Å²) in [6.45, 7) is 0.603. The number of amides is 2. The summed E-state index contributed by atoms with van der Waals surface area (Å²) in [5, 5.41) is 3.46. The summed E-state index contributed by atoms with van der Waals surface area (Å²) in [5.41, 5.74) is 1.48. The quantitative estimate of drug-likeness (QED) is 0.785. The number of thiazole rings is 1. The summed E-state index contributed by atoms with van der Waals surface area (Å²) < 4.78 is 1.03. The molecule has 25 heavy (non-hydrogen) atoms. The first-order chi connectivity index (χ1) is 12.2. The number of benzene rings is 2. The van der Waals surface area contributed by atoms with Crippen molar-refractivity contribution in [2.75, 3.05) is 11.9 Å². The molecule has 1 fully saturated rings.